The summed E-state index contributed by atoms with van der Waals surface area (Å²) < 4.78 is 5.20. The van der Waals surface area contributed by atoms with Gasteiger partial charge in [0.05, 0.1) is 6.10 Å². The summed E-state index contributed by atoms with van der Waals surface area (Å²) in [4.78, 5) is 26.9. The predicted octanol–water partition coefficient (Wildman–Crippen LogP) is 1.01. The van der Waals surface area contributed by atoms with Gasteiger partial charge in [0.25, 0.3) is 0 Å². The van der Waals surface area contributed by atoms with Crippen LogP contribution in [0.3, 0.4) is 0 Å². The highest BCUT2D eigenvalue weighted by Crippen LogP contribution is 2.31. The van der Waals surface area contributed by atoms with Crippen LogP contribution in [0.2, 0.25) is 0 Å². The maximum atomic E-state index is 12.4. The van der Waals surface area contributed by atoms with E-state index in [9.17, 15) is 14.7 Å². The smallest absolute Gasteiger partial charge is 0.326 e. The monoisotopic (exact) mass is 270 g/mol. The summed E-state index contributed by atoms with van der Waals surface area (Å²) >= 11 is 0. The molecule has 6 nitrogen and oxygen atoms in total. The minimum atomic E-state index is -0.952. The molecule has 108 valence electrons. The number of hydrogen-bond acceptors (Lipinski definition) is 3. The molecule has 2 rings (SSSR count). The van der Waals surface area contributed by atoms with E-state index in [1.165, 1.54) is 4.90 Å². The molecule has 2 amide bonds. The lowest BCUT2D eigenvalue weighted by molar-refractivity contribution is -0.141. The van der Waals surface area contributed by atoms with Gasteiger partial charge >= 0.3 is 12.0 Å². The molecule has 2 aliphatic rings. The second-order valence-corrected chi connectivity index (χ2v) is 6.22. The number of carboxylic acid groups (broad SMARTS) is 1. The van der Waals surface area contributed by atoms with E-state index in [0.717, 1.165) is 6.42 Å². The third kappa shape index (κ3) is 2.83. The largest absolute Gasteiger partial charge is 0.480 e. The number of urea groups is 1. The van der Waals surface area contributed by atoms with Crippen LogP contribution >= 0.6 is 0 Å². The molecule has 2 aliphatic heterocycles. The van der Waals surface area contributed by atoms with E-state index in [1.807, 2.05) is 0 Å². The third-order valence-corrected chi connectivity index (χ3v) is 4.07. The average molecular weight is 270 g/mol. The molecule has 2 unspecified atom stereocenters. The fraction of sp³-hybridized carbons (Fsp3) is 0.846. The Morgan fingerprint density at radius 2 is 2.05 bits per heavy atom. The fourth-order valence-corrected chi connectivity index (χ4v) is 2.87. The zero-order valence-electron chi connectivity index (χ0n) is 11.8. The minimum Gasteiger partial charge on any atom is -0.480 e. The zero-order valence-corrected chi connectivity index (χ0v) is 11.8. The van der Waals surface area contributed by atoms with Crippen molar-refractivity contribution < 1.29 is 19.4 Å². The number of aliphatic carboxylic acids is 1. The van der Waals surface area contributed by atoms with Crippen molar-refractivity contribution in [1.82, 2.24) is 9.80 Å². The lowest BCUT2D eigenvalue weighted by atomic mass is 9.93. The Kier molecular flexibility index (Phi) is 3.71. The summed E-state index contributed by atoms with van der Waals surface area (Å²) in [5.74, 6) is -0.952. The molecule has 0 saturated carbocycles. The Morgan fingerprint density at radius 3 is 2.53 bits per heavy atom. The van der Waals surface area contributed by atoms with E-state index in [0.29, 0.717) is 26.1 Å². The van der Waals surface area contributed by atoms with Gasteiger partial charge in [-0.1, -0.05) is 13.8 Å². The molecule has 2 atom stereocenters. The second kappa shape index (κ2) is 5.00. The SMILES string of the molecule is COC1CC(C(=O)O)N(C(=O)N2CCC(C)(C)C2)C1. The molecular formula is C13H22N2O4. The molecule has 0 radical (unpaired) electrons. The lowest BCUT2D eigenvalue weighted by Gasteiger charge is -2.28. The fourth-order valence-electron chi connectivity index (χ4n) is 2.87. The molecule has 0 aliphatic carbocycles. The normalized spacial score (nSPS) is 29.8. The first-order valence-corrected chi connectivity index (χ1v) is 6.65. The van der Waals surface area contributed by atoms with Gasteiger partial charge in [-0.2, -0.15) is 0 Å². The van der Waals surface area contributed by atoms with Gasteiger partial charge in [-0.15, -0.1) is 0 Å². The van der Waals surface area contributed by atoms with Crippen molar-refractivity contribution in [1.29, 1.82) is 0 Å². The zero-order chi connectivity index (χ0) is 14.2. The van der Waals surface area contributed by atoms with Crippen LogP contribution in [-0.4, -0.2) is 65.8 Å². The minimum absolute atomic E-state index is 0.120. The molecule has 0 bridgehead atoms. The highest BCUT2D eigenvalue weighted by Gasteiger charge is 2.43. The van der Waals surface area contributed by atoms with Gasteiger partial charge in [0.1, 0.15) is 6.04 Å². The Balaban J connectivity index is 2.07. The van der Waals surface area contributed by atoms with Gasteiger partial charge in [-0.3, -0.25) is 0 Å². The third-order valence-electron chi connectivity index (χ3n) is 4.07. The van der Waals surface area contributed by atoms with Gasteiger partial charge in [-0.25, -0.2) is 9.59 Å². The van der Waals surface area contributed by atoms with Crippen LogP contribution in [0.15, 0.2) is 0 Å². The predicted molar refractivity (Wildman–Crippen MR) is 68.9 cm³/mol. The molecule has 19 heavy (non-hydrogen) atoms. The van der Waals surface area contributed by atoms with Gasteiger partial charge in [0.15, 0.2) is 0 Å². The molecule has 6 heteroatoms. The quantitative estimate of drug-likeness (QED) is 0.813. The topological polar surface area (TPSA) is 70.1 Å². The lowest BCUT2D eigenvalue weighted by Crippen LogP contribution is -2.47. The molecule has 2 fully saturated rings. The number of likely N-dealkylation sites (tertiary alicyclic amines) is 2. The van der Waals surface area contributed by atoms with Crippen LogP contribution in [0.25, 0.3) is 0 Å². The van der Waals surface area contributed by atoms with Crippen LogP contribution in [-0.2, 0) is 9.53 Å². The van der Waals surface area contributed by atoms with Gasteiger partial charge in [-0.05, 0) is 11.8 Å². The van der Waals surface area contributed by atoms with Crippen LogP contribution in [0.1, 0.15) is 26.7 Å². The number of amides is 2. The van der Waals surface area contributed by atoms with E-state index < -0.39 is 12.0 Å². The van der Waals surface area contributed by atoms with E-state index in [1.54, 1.807) is 12.0 Å². The van der Waals surface area contributed by atoms with Gasteiger partial charge in [0, 0.05) is 33.2 Å². The number of rotatable bonds is 2. The Morgan fingerprint density at radius 1 is 1.37 bits per heavy atom. The molecule has 0 aromatic carbocycles. The molecule has 2 heterocycles. The number of ether oxygens (including phenoxy) is 1. The van der Waals surface area contributed by atoms with Crippen molar-refractivity contribution in [3.8, 4) is 0 Å². The van der Waals surface area contributed by atoms with E-state index in [4.69, 9.17) is 4.74 Å². The molecule has 0 aromatic heterocycles. The number of hydrogen-bond donors (Lipinski definition) is 1. The Hall–Kier alpha value is -1.30. The highest BCUT2D eigenvalue weighted by atomic mass is 16.5. The van der Waals surface area contributed by atoms with Crippen molar-refractivity contribution in [2.45, 2.75) is 38.8 Å². The molecular weight excluding hydrogens is 248 g/mol. The van der Waals surface area contributed by atoms with Crippen molar-refractivity contribution in [3.05, 3.63) is 0 Å². The summed E-state index contributed by atoms with van der Waals surface area (Å²) in [6.45, 7) is 6.00. The van der Waals surface area contributed by atoms with Crippen LogP contribution in [0, 0.1) is 5.41 Å². The van der Waals surface area contributed by atoms with E-state index in [2.05, 4.69) is 13.8 Å². The molecule has 1 N–H and O–H groups in total. The number of carbonyl (C=O) groups excluding carboxylic acids is 1. The van der Waals surface area contributed by atoms with Gasteiger partial charge < -0.3 is 19.6 Å². The number of carbonyl (C=O) groups is 2. The summed E-state index contributed by atoms with van der Waals surface area (Å²) in [5.41, 5.74) is 0.120. The Bertz CT molecular complexity index is 383. The van der Waals surface area contributed by atoms with Gasteiger partial charge in [0.2, 0.25) is 0 Å². The van der Waals surface area contributed by atoms with Crippen LogP contribution in [0.4, 0.5) is 4.79 Å². The Labute approximate surface area is 113 Å². The number of nitrogens with zero attached hydrogens (tertiary/aromatic N) is 2. The van der Waals surface area contributed by atoms with Crippen molar-refractivity contribution in [2.75, 3.05) is 26.7 Å². The van der Waals surface area contributed by atoms with Crippen molar-refractivity contribution in [2.24, 2.45) is 5.41 Å². The highest BCUT2D eigenvalue weighted by molar-refractivity contribution is 5.83. The van der Waals surface area contributed by atoms with Crippen LogP contribution < -0.4 is 0 Å². The first-order valence-electron chi connectivity index (χ1n) is 6.65. The van der Waals surface area contributed by atoms with E-state index >= 15 is 0 Å². The first kappa shape index (κ1) is 14.1. The molecule has 0 spiro atoms. The maximum absolute atomic E-state index is 12.4. The van der Waals surface area contributed by atoms with Crippen molar-refractivity contribution >= 4 is 12.0 Å². The summed E-state index contributed by atoms with van der Waals surface area (Å²) in [7, 11) is 1.55. The number of carboxylic acids is 1. The second-order valence-electron chi connectivity index (χ2n) is 6.22. The van der Waals surface area contributed by atoms with E-state index in [-0.39, 0.29) is 17.6 Å². The summed E-state index contributed by atoms with van der Waals surface area (Å²) in [6, 6.07) is -0.932. The average Bonchev–Trinajstić information content (AvgIpc) is 2.91. The molecule has 0 aromatic rings. The maximum Gasteiger partial charge on any atom is 0.326 e. The van der Waals surface area contributed by atoms with Crippen LogP contribution in [0.5, 0.6) is 0 Å². The molecule has 2 saturated heterocycles. The first-order chi connectivity index (χ1) is 8.84. The van der Waals surface area contributed by atoms with Crippen molar-refractivity contribution in [3.63, 3.8) is 0 Å². The standard InChI is InChI=1S/C13H22N2O4/c1-13(2)4-5-14(8-13)12(18)15-7-9(19-3)6-10(15)11(16)17/h9-10H,4-8H2,1-3H3,(H,16,17). The number of methoxy groups -OCH3 is 1. The summed E-state index contributed by atoms with van der Waals surface area (Å²) in [6.07, 6.45) is 1.15. The summed E-state index contributed by atoms with van der Waals surface area (Å²) in [5, 5.41) is 9.22.